The molecule has 0 unspecified atom stereocenters. The minimum atomic E-state index is 0.561. The standard InChI is InChI=1S/C13H12N4/c14-9-11-12-6-2-4-8-17(12)13(16-11)10-5-1-3-7-15-10/h1,3,5,7H,2,4,6,8H2. The van der Waals surface area contributed by atoms with Crippen molar-refractivity contribution in [3.8, 4) is 17.6 Å². The van der Waals surface area contributed by atoms with Gasteiger partial charge in [-0.2, -0.15) is 5.26 Å². The molecule has 4 heteroatoms. The van der Waals surface area contributed by atoms with E-state index in [1.165, 1.54) is 0 Å². The summed E-state index contributed by atoms with van der Waals surface area (Å²) in [5.41, 5.74) is 2.47. The van der Waals surface area contributed by atoms with E-state index in [9.17, 15) is 0 Å². The van der Waals surface area contributed by atoms with Crippen molar-refractivity contribution in [3.63, 3.8) is 0 Å². The average Bonchev–Trinajstić information content (AvgIpc) is 2.78. The lowest BCUT2D eigenvalue weighted by atomic mass is 10.1. The maximum Gasteiger partial charge on any atom is 0.162 e. The third-order valence-corrected chi connectivity index (χ3v) is 3.12. The summed E-state index contributed by atoms with van der Waals surface area (Å²) in [4.78, 5) is 8.73. The minimum Gasteiger partial charge on any atom is -0.325 e. The van der Waals surface area contributed by atoms with E-state index in [4.69, 9.17) is 5.26 Å². The molecular formula is C13H12N4. The van der Waals surface area contributed by atoms with E-state index in [1.54, 1.807) is 6.20 Å². The van der Waals surface area contributed by atoms with Crippen molar-refractivity contribution in [2.45, 2.75) is 25.8 Å². The number of imidazole rings is 1. The smallest absolute Gasteiger partial charge is 0.162 e. The van der Waals surface area contributed by atoms with Crippen LogP contribution in [0.2, 0.25) is 0 Å². The first-order valence-corrected chi connectivity index (χ1v) is 5.81. The van der Waals surface area contributed by atoms with Crippen LogP contribution in [0.25, 0.3) is 11.5 Å². The first kappa shape index (κ1) is 10.0. The largest absolute Gasteiger partial charge is 0.325 e. The van der Waals surface area contributed by atoms with Crippen LogP contribution in [0.4, 0.5) is 0 Å². The van der Waals surface area contributed by atoms with Crippen molar-refractivity contribution in [2.24, 2.45) is 0 Å². The van der Waals surface area contributed by atoms with Gasteiger partial charge in [-0.3, -0.25) is 4.98 Å². The lowest BCUT2D eigenvalue weighted by Gasteiger charge is -2.16. The van der Waals surface area contributed by atoms with E-state index < -0.39 is 0 Å². The molecule has 0 aliphatic carbocycles. The summed E-state index contributed by atoms with van der Waals surface area (Å²) in [6, 6.07) is 7.95. The van der Waals surface area contributed by atoms with Crippen LogP contribution in [-0.4, -0.2) is 14.5 Å². The highest BCUT2D eigenvalue weighted by atomic mass is 15.1. The first-order valence-electron chi connectivity index (χ1n) is 5.81. The first-order chi connectivity index (χ1) is 8.40. The summed E-state index contributed by atoms with van der Waals surface area (Å²) in [5, 5.41) is 9.11. The molecule has 0 spiro atoms. The van der Waals surface area contributed by atoms with Gasteiger partial charge in [-0.1, -0.05) is 6.07 Å². The van der Waals surface area contributed by atoms with Gasteiger partial charge < -0.3 is 4.57 Å². The zero-order valence-corrected chi connectivity index (χ0v) is 9.43. The van der Waals surface area contributed by atoms with Crippen LogP contribution < -0.4 is 0 Å². The van der Waals surface area contributed by atoms with Crippen LogP contribution >= 0.6 is 0 Å². The fourth-order valence-electron chi connectivity index (χ4n) is 2.32. The second-order valence-electron chi connectivity index (χ2n) is 4.17. The number of hydrogen-bond acceptors (Lipinski definition) is 3. The number of rotatable bonds is 1. The zero-order chi connectivity index (χ0) is 11.7. The summed E-state index contributed by atoms with van der Waals surface area (Å²) in [5.74, 6) is 0.830. The topological polar surface area (TPSA) is 54.5 Å². The van der Waals surface area contributed by atoms with Crippen molar-refractivity contribution in [1.82, 2.24) is 14.5 Å². The van der Waals surface area contributed by atoms with Gasteiger partial charge in [-0.15, -0.1) is 0 Å². The molecule has 1 aliphatic heterocycles. The van der Waals surface area contributed by atoms with Crippen LogP contribution in [0, 0.1) is 11.3 Å². The quantitative estimate of drug-likeness (QED) is 0.745. The van der Waals surface area contributed by atoms with E-state index in [2.05, 4.69) is 20.6 Å². The van der Waals surface area contributed by atoms with Crippen LogP contribution in [0.3, 0.4) is 0 Å². The van der Waals surface area contributed by atoms with Crippen LogP contribution in [0.15, 0.2) is 24.4 Å². The molecule has 17 heavy (non-hydrogen) atoms. The maximum absolute atomic E-state index is 9.11. The minimum absolute atomic E-state index is 0.561. The molecule has 0 aromatic carbocycles. The SMILES string of the molecule is N#Cc1nc(-c2ccccn2)n2c1CCCC2. The predicted molar refractivity (Wildman–Crippen MR) is 63.1 cm³/mol. The van der Waals surface area contributed by atoms with Gasteiger partial charge in [-0.25, -0.2) is 4.98 Å². The number of nitrogens with zero attached hydrogens (tertiary/aromatic N) is 4. The average molecular weight is 224 g/mol. The Balaban J connectivity index is 2.18. The molecule has 4 nitrogen and oxygen atoms in total. The van der Waals surface area contributed by atoms with Crippen LogP contribution in [-0.2, 0) is 13.0 Å². The van der Waals surface area contributed by atoms with E-state index in [0.29, 0.717) is 5.69 Å². The van der Waals surface area contributed by atoms with Gasteiger partial charge in [-0.05, 0) is 31.4 Å². The summed E-state index contributed by atoms with van der Waals surface area (Å²) in [6.07, 6.45) is 4.99. The van der Waals surface area contributed by atoms with Crippen molar-refractivity contribution in [2.75, 3.05) is 0 Å². The number of pyridine rings is 1. The zero-order valence-electron chi connectivity index (χ0n) is 9.43. The van der Waals surface area contributed by atoms with Gasteiger partial charge in [0.1, 0.15) is 11.8 Å². The van der Waals surface area contributed by atoms with Gasteiger partial charge in [0.2, 0.25) is 0 Å². The molecule has 0 fully saturated rings. The Kier molecular flexibility index (Phi) is 2.37. The number of aromatic nitrogens is 3. The summed E-state index contributed by atoms with van der Waals surface area (Å²) in [7, 11) is 0. The predicted octanol–water partition coefficient (Wildman–Crippen LogP) is 2.15. The Hall–Kier alpha value is -2.15. The van der Waals surface area contributed by atoms with Gasteiger partial charge in [0, 0.05) is 12.7 Å². The molecule has 0 radical (unpaired) electrons. The van der Waals surface area contributed by atoms with E-state index >= 15 is 0 Å². The van der Waals surface area contributed by atoms with Crippen molar-refractivity contribution in [3.05, 3.63) is 35.8 Å². The third kappa shape index (κ3) is 1.60. The molecule has 0 N–H and O–H groups in total. The highest BCUT2D eigenvalue weighted by Gasteiger charge is 2.20. The molecule has 0 bridgehead atoms. The van der Waals surface area contributed by atoms with Gasteiger partial charge in [0.05, 0.1) is 5.69 Å². The van der Waals surface area contributed by atoms with Gasteiger partial charge in [0.15, 0.2) is 11.5 Å². The summed E-state index contributed by atoms with van der Waals surface area (Å²) >= 11 is 0. The Bertz CT molecular complexity index is 577. The van der Waals surface area contributed by atoms with Gasteiger partial charge in [0.25, 0.3) is 0 Å². The van der Waals surface area contributed by atoms with E-state index in [1.807, 2.05) is 18.2 Å². The molecule has 2 aromatic rings. The lowest BCUT2D eigenvalue weighted by Crippen LogP contribution is -2.11. The number of fused-ring (bicyclic) bond motifs is 1. The molecule has 84 valence electrons. The maximum atomic E-state index is 9.11. The van der Waals surface area contributed by atoms with Crippen molar-refractivity contribution < 1.29 is 0 Å². The molecule has 0 saturated heterocycles. The Morgan fingerprint density at radius 2 is 2.24 bits per heavy atom. The fraction of sp³-hybridized carbons (Fsp3) is 0.308. The second kappa shape index (κ2) is 4.02. The lowest BCUT2D eigenvalue weighted by molar-refractivity contribution is 0.535. The van der Waals surface area contributed by atoms with Crippen molar-refractivity contribution >= 4 is 0 Å². The van der Waals surface area contributed by atoms with E-state index in [-0.39, 0.29) is 0 Å². The molecular weight excluding hydrogens is 212 g/mol. The highest BCUT2D eigenvalue weighted by Crippen LogP contribution is 2.25. The third-order valence-electron chi connectivity index (χ3n) is 3.12. The summed E-state index contributed by atoms with van der Waals surface area (Å²) < 4.78 is 2.14. The monoisotopic (exact) mass is 224 g/mol. The Labute approximate surface area is 99.6 Å². The fourth-order valence-corrected chi connectivity index (χ4v) is 2.32. The molecule has 0 atom stereocenters. The summed E-state index contributed by atoms with van der Waals surface area (Å²) in [6.45, 7) is 0.940. The number of nitriles is 1. The molecule has 2 aromatic heterocycles. The highest BCUT2D eigenvalue weighted by molar-refractivity contribution is 5.53. The second-order valence-corrected chi connectivity index (χ2v) is 4.17. The molecule has 1 aliphatic rings. The van der Waals surface area contributed by atoms with Crippen LogP contribution in [0.1, 0.15) is 24.2 Å². The van der Waals surface area contributed by atoms with E-state index in [0.717, 1.165) is 43.0 Å². The molecule has 3 rings (SSSR count). The van der Waals surface area contributed by atoms with Crippen molar-refractivity contribution in [1.29, 1.82) is 5.26 Å². The number of hydrogen-bond donors (Lipinski definition) is 0. The van der Waals surface area contributed by atoms with Crippen LogP contribution in [0.5, 0.6) is 0 Å². The Morgan fingerprint density at radius 1 is 1.29 bits per heavy atom. The normalized spacial score (nSPS) is 14.1. The molecule has 3 heterocycles. The molecule has 0 amide bonds. The van der Waals surface area contributed by atoms with Gasteiger partial charge >= 0.3 is 0 Å². The molecule has 0 saturated carbocycles. The Morgan fingerprint density at radius 3 is 3.00 bits per heavy atom.